The van der Waals surface area contributed by atoms with Gasteiger partial charge in [-0.25, -0.2) is 0 Å². The van der Waals surface area contributed by atoms with Crippen LogP contribution >= 0.6 is 31.9 Å². The van der Waals surface area contributed by atoms with Crippen molar-refractivity contribution in [1.29, 1.82) is 0 Å². The van der Waals surface area contributed by atoms with Gasteiger partial charge in [-0.3, -0.25) is 0 Å². The Labute approximate surface area is 168 Å². The quantitative estimate of drug-likeness (QED) is 0.342. The molecule has 2 nitrogen and oxygen atoms in total. The largest absolute Gasteiger partial charge is 0.507 e. The molecule has 2 N–H and O–H groups in total. The number of rotatable bonds is 0. The Morgan fingerprint density at radius 3 is 1.27 bits per heavy atom. The monoisotopic (exact) mass is 466 g/mol. The maximum Gasteiger partial charge on any atom is 0.132 e. The number of phenols is 2. The minimum Gasteiger partial charge on any atom is -0.507 e. The first kappa shape index (κ1) is 18.1. The van der Waals surface area contributed by atoms with Crippen molar-refractivity contribution in [3.05, 3.63) is 91.9 Å². The third kappa shape index (κ3) is 4.29. The van der Waals surface area contributed by atoms with Crippen LogP contribution in [0.5, 0.6) is 11.5 Å². The number of hydrogen-bond acceptors (Lipinski definition) is 2. The molecule has 0 fully saturated rings. The molecule has 4 heteroatoms. The van der Waals surface area contributed by atoms with Crippen molar-refractivity contribution in [1.82, 2.24) is 0 Å². The predicted octanol–water partition coefficient (Wildman–Crippen LogP) is 5.42. The lowest BCUT2D eigenvalue weighted by Crippen LogP contribution is -1.84. The van der Waals surface area contributed by atoms with E-state index in [9.17, 15) is 10.2 Å². The molecule has 0 unspecified atom stereocenters. The van der Waals surface area contributed by atoms with Crippen molar-refractivity contribution in [2.45, 2.75) is 0 Å². The molecule has 0 radical (unpaired) electrons. The highest BCUT2D eigenvalue weighted by molar-refractivity contribution is 9.10. The summed E-state index contributed by atoms with van der Waals surface area (Å²) >= 11 is 6.85. The van der Waals surface area contributed by atoms with Gasteiger partial charge >= 0.3 is 0 Å². The standard InChI is InChI=1S/C22H12Br2O2/c23-19-7-3-1-5-15(19)9-11-17-13-22(26)18(14-21(17)25)12-10-16-6-2-4-8-20(16)24/h1-8,13-14,25-26H. The molecule has 3 aromatic carbocycles. The van der Waals surface area contributed by atoms with Crippen molar-refractivity contribution in [2.75, 3.05) is 0 Å². The zero-order valence-electron chi connectivity index (χ0n) is 13.4. The smallest absolute Gasteiger partial charge is 0.132 e. The first-order valence-corrected chi connectivity index (χ1v) is 9.22. The van der Waals surface area contributed by atoms with E-state index in [0.29, 0.717) is 11.1 Å². The Bertz CT molecular complexity index is 1010. The van der Waals surface area contributed by atoms with Crippen molar-refractivity contribution < 1.29 is 10.2 Å². The normalized spacial score (nSPS) is 9.62. The van der Waals surface area contributed by atoms with E-state index >= 15 is 0 Å². The molecule has 0 bridgehead atoms. The molecule has 26 heavy (non-hydrogen) atoms. The molecule has 3 rings (SSSR count). The van der Waals surface area contributed by atoms with Crippen LogP contribution in [0.25, 0.3) is 0 Å². The van der Waals surface area contributed by atoms with Crippen molar-refractivity contribution >= 4 is 31.9 Å². The van der Waals surface area contributed by atoms with Gasteiger partial charge in [0, 0.05) is 32.2 Å². The minimum absolute atomic E-state index is 0.0289. The molecular formula is C22H12Br2O2. The first-order valence-electron chi connectivity index (χ1n) is 7.63. The average Bonchev–Trinajstić information content (AvgIpc) is 2.63. The third-order valence-electron chi connectivity index (χ3n) is 3.53. The van der Waals surface area contributed by atoms with Crippen molar-refractivity contribution in [3.8, 4) is 35.2 Å². The van der Waals surface area contributed by atoms with Crippen molar-refractivity contribution in [3.63, 3.8) is 0 Å². The maximum atomic E-state index is 10.2. The average molecular weight is 468 g/mol. The summed E-state index contributed by atoms with van der Waals surface area (Å²) in [5.41, 5.74) is 2.27. The van der Waals surface area contributed by atoms with Crippen molar-refractivity contribution in [2.24, 2.45) is 0 Å². The van der Waals surface area contributed by atoms with Crippen LogP contribution in [-0.2, 0) is 0 Å². The highest BCUT2D eigenvalue weighted by Crippen LogP contribution is 2.26. The fourth-order valence-corrected chi connectivity index (χ4v) is 2.94. The van der Waals surface area contributed by atoms with Gasteiger partial charge in [-0.1, -0.05) is 47.9 Å². The number of benzene rings is 3. The van der Waals surface area contributed by atoms with E-state index in [1.807, 2.05) is 48.5 Å². The van der Waals surface area contributed by atoms with Gasteiger partial charge in [-0.2, -0.15) is 0 Å². The van der Waals surface area contributed by atoms with Gasteiger partial charge in [0.25, 0.3) is 0 Å². The maximum absolute atomic E-state index is 10.2. The van der Waals surface area contributed by atoms with E-state index in [-0.39, 0.29) is 11.5 Å². The molecule has 0 aromatic heterocycles. The Morgan fingerprint density at radius 2 is 0.885 bits per heavy atom. The van der Waals surface area contributed by atoms with E-state index < -0.39 is 0 Å². The summed E-state index contributed by atoms with van der Waals surface area (Å²) in [6, 6.07) is 17.9. The highest BCUT2D eigenvalue weighted by Gasteiger charge is 2.06. The van der Waals surface area contributed by atoms with Gasteiger partial charge in [-0.15, -0.1) is 0 Å². The molecular weight excluding hydrogens is 456 g/mol. The van der Waals surface area contributed by atoms with E-state index in [1.165, 1.54) is 12.1 Å². The lowest BCUT2D eigenvalue weighted by atomic mass is 10.1. The van der Waals surface area contributed by atoms with Gasteiger partial charge in [0.1, 0.15) is 11.5 Å². The van der Waals surface area contributed by atoms with Gasteiger partial charge in [0.15, 0.2) is 0 Å². The predicted molar refractivity (Wildman–Crippen MR) is 110 cm³/mol. The van der Waals surface area contributed by atoms with Crippen LogP contribution in [-0.4, -0.2) is 10.2 Å². The summed E-state index contributed by atoms with van der Waals surface area (Å²) in [6.07, 6.45) is 0. The second kappa shape index (κ2) is 8.15. The van der Waals surface area contributed by atoms with E-state index in [0.717, 1.165) is 20.1 Å². The zero-order chi connectivity index (χ0) is 18.5. The van der Waals surface area contributed by atoms with Crippen LogP contribution in [0.1, 0.15) is 22.3 Å². The molecule has 0 aliphatic carbocycles. The van der Waals surface area contributed by atoms with Crippen LogP contribution < -0.4 is 0 Å². The number of hydrogen-bond donors (Lipinski definition) is 2. The van der Waals surface area contributed by atoms with Crippen LogP contribution in [0.2, 0.25) is 0 Å². The summed E-state index contributed by atoms with van der Waals surface area (Å²) in [5.74, 6) is 11.6. The molecule has 126 valence electrons. The summed E-state index contributed by atoms with van der Waals surface area (Å²) in [5, 5.41) is 20.4. The van der Waals surface area contributed by atoms with E-state index in [4.69, 9.17) is 0 Å². The molecule has 0 saturated heterocycles. The molecule has 0 aliphatic heterocycles. The van der Waals surface area contributed by atoms with Gasteiger partial charge in [-0.05, 0) is 56.1 Å². The molecule has 0 atom stereocenters. The first-order chi connectivity index (χ1) is 12.5. The third-order valence-corrected chi connectivity index (χ3v) is 4.91. The fraction of sp³-hybridized carbons (Fsp3) is 0. The molecule has 0 heterocycles. The molecule has 0 saturated carbocycles. The summed E-state index contributed by atoms with van der Waals surface area (Å²) in [7, 11) is 0. The SMILES string of the molecule is Oc1cc(C#Cc2ccccc2Br)c(O)cc1C#Cc1ccccc1Br. The highest BCUT2D eigenvalue weighted by atomic mass is 79.9. The van der Waals surface area contributed by atoms with Crippen LogP contribution in [0.4, 0.5) is 0 Å². The zero-order valence-corrected chi connectivity index (χ0v) is 16.6. The Hall–Kier alpha value is -2.66. The fourth-order valence-electron chi connectivity index (χ4n) is 2.17. The van der Waals surface area contributed by atoms with E-state index in [2.05, 4.69) is 55.5 Å². The molecule has 0 spiro atoms. The van der Waals surface area contributed by atoms with Gasteiger partial charge < -0.3 is 10.2 Å². The van der Waals surface area contributed by atoms with Gasteiger partial charge in [0.05, 0.1) is 11.1 Å². The number of halogens is 2. The second-order valence-electron chi connectivity index (χ2n) is 5.35. The molecule has 0 amide bonds. The number of aromatic hydroxyl groups is 2. The second-order valence-corrected chi connectivity index (χ2v) is 7.05. The molecule has 3 aromatic rings. The Balaban J connectivity index is 1.93. The number of phenolic OH excluding ortho intramolecular Hbond substituents is 2. The minimum atomic E-state index is -0.0289. The summed E-state index contributed by atoms with van der Waals surface area (Å²) in [6.45, 7) is 0. The Morgan fingerprint density at radius 1 is 0.538 bits per heavy atom. The lowest BCUT2D eigenvalue weighted by molar-refractivity contribution is 0.457. The van der Waals surface area contributed by atoms with Gasteiger partial charge in [0.2, 0.25) is 0 Å². The lowest BCUT2D eigenvalue weighted by Gasteiger charge is -2.02. The van der Waals surface area contributed by atoms with Crippen LogP contribution in [0.3, 0.4) is 0 Å². The molecule has 0 aliphatic rings. The topological polar surface area (TPSA) is 40.5 Å². The Kier molecular flexibility index (Phi) is 5.68. The van der Waals surface area contributed by atoms with Crippen LogP contribution in [0, 0.1) is 23.7 Å². The van der Waals surface area contributed by atoms with E-state index in [1.54, 1.807) is 0 Å². The summed E-state index contributed by atoms with van der Waals surface area (Å²) < 4.78 is 1.74. The summed E-state index contributed by atoms with van der Waals surface area (Å²) in [4.78, 5) is 0. The van der Waals surface area contributed by atoms with Crippen LogP contribution in [0.15, 0.2) is 69.6 Å².